The number of ether oxygens (including phenoxy) is 3. The number of dihydropyridines is 1. The van der Waals surface area contributed by atoms with Crippen molar-refractivity contribution >= 4 is 23.6 Å². The number of halogens is 2. The van der Waals surface area contributed by atoms with E-state index in [1.165, 1.54) is 18.2 Å². The number of anilines is 1. The zero-order chi connectivity index (χ0) is 30.2. The van der Waals surface area contributed by atoms with Gasteiger partial charge in [0.15, 0.2) is 6.19 Å². The summed E-state index contributed by atoms with van der Waals surface area (Å²) in [6.07, 6.45) is 1.83. The molecule has 1 aliphatic rings. The number of allylic oxidation sites excluding steroid dienone is 2. The maximum absolute atomic E-state index is 13.5. The molecule has 0 saturated carbocycles. The fourth-order valence-electron chi connectivity index (χ4n) is 3.99. The molecule has 0 bridgehead atoms. The summed E-state index contributed by atoms with van der Waals surface area (Å²) >= 11 is 0. The van der Waals surface area contributed by atoms with Gasteiger partial charge in [0.05, 0.1) is 36.3 Å². The quantitative estimate of drug-likeness (QED) is 0.126. The summed E-state index contributed by atoms with van der Waals surface area (Å²) in [6, 6.07) is 4.01. The Kier molecular flexibility index (Phi) is 11.0. The Labute approximate surface area is 233 Å². The number of hydrogen-bond acceptors (Lipinski definition) is 8. The molecule has 1 aromatic carbocycles. The van der Waals surface area contributed by atoms with Crippen molar-refractivity contribution in [3.05, 3.63) is 46.3 Å². The Hall–Kier alpha value is -4.14. The molecule has 10 nitrogen and oxygen atoms in total. The number of nitrogens with zero attached hydrogens (tertiary/aromatic N) is 2. The number of hydrogen-bond donors (Lipinski definition) is 3. The van der Waals surface area contributed by atoms with Gasteiger partial charge >= 0.3 is 18.6 Å². The minimum atomic E-state index is -3.18. The van der Waals surface area contributed by atoms with E-state index in [2.05, 4.69) is 20.9 Å². The number of benzene rings is 1. The Bertz CT molecular complexity index is 1200. The van der Waals surface area contributed by atoms with E-state index in [9.17, 15) is 23.6 Å². The fraction of sp³-hybridized carbons (Fsp3) is 0.500. The predicted molar refractivity (Wildman–Crippen MR) is 146 cm³/mol. The monoisotopic (exact) mass is 561 g/mol. The highest BCUT2D eigenvalue weighted by Crippen LogP contribution is 2.44. The van der Waals surface area contributed by atoms with Crippen molar-refractivity contribution in [3.63, 3.8) is 0 Å². The molecule has 12 heteroatoms. The zero-order valence-electron chi connectivity index (χ0n) is 24.1. The summed E-state index contributed by atoms with van der Waals surface area (Å²) in [6.45, 7) is 11.3. The molecular weight excluding hydrogens is 524 g/mol. The normalized spacial score (nSPS) is 15.3. The predicted octanol–water partition coefficient (Wildman–Crippen LogP) is 4.92. The van der Waals surface area contributed by atoms with Gasteiger partial charge in [0.25, 0.3) is 0 Å². The molecule has 1 aromatic rings. The van der Waals surface area contributed by atoms with Crippen LogP contribution in [0.5, 0.6) is 5.75 Å². The molecule has 40 heavy (non-hydrogen) atoms. The third kappa shape index (κ3) is 7.94. The number of carbonyl (C=O) groups excluding carboxylic acids is 2. The van der Waals surface area contributed by atoms with Gasteiger partial charge in [0.2, 0.25) is 5.96 Å². The van der Waals surface area contributed by atoms with E-state index >= 15 is 0 Å². The second-order valence-electron chi connectivity index (χ2n) is 10.1. The van der Waals surface area contributed by atoms with Crippen molar-refractivity contribution in [1.29, 1.82) is 5.26 Å². The van der Waals surface area contributed by atoms with Gasteiger partial charge in [0.1, 0.15) is 5.75 Å². The molecule has 218 valence electrons. The highest BCUT2D eigenvalue weighted by molar-refractivity contribution is 6.00. The first-order valence-electron chi connectivity index (χ1n) is 12.9. The first kappa shape index (κ1) is 32.1. The van der Waals surface area contributed by atoms with Gasteiger partial charge in [-0.15, -0.1) is 0 Å². The van der Waals surface area contributed by atoms with E-state index in [1.807, 2.05) is 33.9 Å². The summed E-state index contributed by atoms with van der Waals surface area (Å²) in [5, 5.41) is 17.8. The molecule has 3 N–H and O–H groups in total. The van der Waals surface area contributed by atoms with E-state index in [4.69, 9.17) is 14.2 Å². The van der Waals surface area contributed by atoms with Gasteiger partial charge in [-0.1, -0.05) is 20.8 Å². The van der Waals surface area contributed by atoms with E-state index in [0.29, 0.717) is 17.1 Å². The largest absolute Gasteiger partial charge is 0.463 e. The van der Waals surface area contributed by atoms with Crippen LogP contribution in [0.2, 0.25) is 0 Å². The molecule has 0 amide bonds. The van der Waals surface area contributed by atoms with Gasteiger partial charge in [-0.05, 0) is 58.2 Å². The molecule has 0 spiro atoms. The number of alkyl halides is 2. The van der Waals surface area contributed by atoms with Crippen molar-refractivity contribution in [1.82, 2.24) is 10.6 Å². The lowest BCUT2D eigenvalue weighted by Gasteiger charge is -2.31. The third-order valence-electron chi connectivity index (χ3n) is 6.30. The summed E-state index contributed by atoms with van der Waals surface area (Å²) in [7, 11) is 0. The lowest BCUT2D eigenvalue weighted by molar-refractivity contribution is -0.139. The number of nitrogens with one attached hydrogen (secondary N) is 3. The van der Waals surface area contributed by atoms with Crippen LogP contribution in [-0.4, -0.2) is 43.8 Å². The zero-order valence-corrected chi connectivity index (χ0v) is 24.1. The van der Waals surface area contributed by atoms with Crippen molar-refractivity contribution in [3.8, 4) is 11.9 Å². The maximum Gasteiger partial charge on any atom is 0.387 e. The lowest BCUT2D eigenvalue weighted by atomic mass is 9.79. The van der Waals surface area contributed by atoms with Crippen LogP contribution in [0.15, 0.2) is 45.7 Å². The second-order valence-corrected chi connectivity index (χ2v) is 10.1. The second kappa shape index (κ2) is 13.8. The number of carbonyl (C=O) groups is 2. The van der Waals surface area contributed by atoms with E-state index < -0.39 is 24.5 Å². The number of aliphatic imine (C=N–C) groups is 1. The SMILES string of the molecule is CCOC(=O)C1=C(C)NC(C)=C(C(=O)OCC)C1c1cc(NC(=NC(C)C(C)(C)C)NC#N)ccc1OC(F)F. The highest BCUT2D eigenvalue weighted by Gasteiger charge is 2.40. The molecule has 0 aromatic heterocycles. The highest BCUT2D eigenvalue weighted by atomic mass is 19.3. The minimum Gasteiger partial charge on any atom is -0.463 e. The molecule has 0 radical (unpaired) electrons. The van der Waals surface area contributed by atoms with Crippen molar-refractivity contribution in [2.45, 2.75) is 74.0 Å². The summed E-state index contributed by atoms with van der Waals surface area (Å²) in [5.41, 5.74) is 1.03. The summed E-state index contributed by atoms with van der Waals surface area (Å²) in [4.78, 5) is 30.9. The number of nitriles is 1. The van der Waals surface area contributed by atoms with Crippen LogP contribution in [0.25, 0.3) is 0 Å². The Morgan fingerprint density at radius 1 is 1.10 bits per heavy atom. The number of rotatable bonds is 9. The van der Waals surface area contributed by atoms with Crippen molar-refractivity contribution < 1.29 is 32.6 Å². The molecule has 1 heterocycles. The van der Waals surface area contributed by atoms with Crippen LogP contribution < -0.4 is 20.7 Å². The van der Waals surface area contributed by atoms with Gasteiger partial charge in [-0.25, -0.2) is 14.6 Å². The fourth-order valence-corrected chi connectivity index (χ4v) is 3.99. The molecule has 2 rings (SSSR count). The summed E-state index contributed by atoms with van der Waals surface area (Å²) in [5.74, 6) is -2.78. The maximum atomic E-state index is 13.5. The molecule has 0 aliphatic carbocycles. The third-order valence-corrected chi connectivity index (χ3v) is 6.30. The average molecular weight is 562 g/mol. The van der Waals surface area contributed by atoms with Crippen LogP contribution in [0.3, 0.4) is 0 Å². The molecule has 0 fully saturated rings. The first-order chi connectivity index (χ1) is 18.7. The van der Waals surface area contributed by atoms with Crippen LogP contribution in [0, 0.1) is 16.9 Å². The van der Waals surface area contributed by atoms with Gasteiger partial charge in [0, 0.05) is 22.6 Å². The lowest BCUT2D eigenvalue weighted by Crippen LogP contribution is -2.33. The Morgan fingerprint density at radius 2 is 1.65 bits per heavy atom. The molecule has 1 unspecified atom stereocenters. The van der Waals surface area contributed by atoms with Crippen LogP contribution in [0.4, 0.5) is 14.5 Å². The van der Waals surface area contributed by atoms with Crippen LogP contribution >= 0.6 is 0 Å². The van der Waals surface area contributed by atoms with Crippen molar-refractivity contribution in [2.75, 3.05) is 18.5 Å². The van der Waals surface area contributed by atoms with Gasteiger partial charge in [-0.3, -0.25) is 5.32 Å². The van der Waals surface area contributed by atoms with E-state index in [1.54, 1.807) is 27.7 Å². The molecular formula is C28H37F2N5O5. The first-order valence-corrected chi connectivity index (χ1v) is 12.9. The average Bonchev–Trinajstić information content (AvgIpc) is 2.83. The number of esters is 2. The van der Waals surface area contributed by atoms with E-state index in [0.717, 1.165) is 0 Å². The van der Waals surface area contributed by atoms with Gasteiger partial charge < -0.3 is 24.8 Å². The molecule has 1 atom stereocenters. The summed E-state index contributed by atoms with van der Waals surface area (Å²) < 4.78 is 42.4. The topological polar surface area (TPSA) is 134 Å². The van der Waals surface area contributed by atoms with E-state index in [-0.39, 0.29) is 53.1 Å². The smallest absolute Gasteiger partial charge is 0.387 e. The standard InChI is InChI=1S/C28H37F2N5O5/c1-9-38-24(36)21-15(3)33-16(4)22(25(37)39-10-2)23(21)19-13-18(11-12-20(19)40-26(29)30)35-27(32-14-31)34-17(5)28(6,7)8/h11-13,17,23,26,33H,9-10H2,1-8H3,(H2,32,34,35). The molecule has 0 saturated heterocycles. The Balaban J connectivity index is 2.81. The minimum absolute atomic E-state index is 0.0390. The number of guanidine groups is 1. The van der Waals surface area contributed by atoms with Crippen LogP contribution in [0.1, 0.15) is 66.9 Å². The Morgan fingerprint density at radius 3 is 2.10 bits per heavy atom. The van der Waals surface area contributed by atoms with Gasteiger partial charge in [-0.2, -0.15) is 14.0 Å². The molecule has 1 aliphatic heterocycles. The van der Waals surface area contributed by atoms with Crippen molar-refractivity contribution in [2.24, 2.45) is 10.4 Å². The van der Waals surface area contributed by atoms with Crippen LogP contribution in [-0.2, 0) is 19.1 Å².